The van der Waals surface area contributed by atoms with Gasteiger partial charge in [-0.15, -0.1) is 0 Å². The number of thiocarbonyl (C=S) groups is 1. The van der Waals surface area contributed by atoms with Crippen molar-refractivity contribution in [3.05, 3.63) is 35.4 Å². The van der Waals surface area contributed by atoms with E-state index >= 15 is 0 Å². The quantitative estimate of drug-likeness (QED) is 0.811. The number of nitrogens with zero attached hydrogens (tertiary/aromatic N) is 1. The topological polar surface area (TPSA) is 29.3 Å². The molecular formula is C13H18N2S. The summed E-state index contributed by atoms with van der Waals surface area (Å²) in [6, 6.07) is 9.13. The van der Waals surface area contributed by atoms with Gasteiger partial charge in [0.2, 0.25) is 0 Å². The Kier molecular flexibility index (Phi) is 3.56. The largest absolute Gasteiger partial charge is 0.393 e. The lowest BCUT2D eigenvalue weighted by molar-refractivity contribution is 0.198. The number of benzene rings is 1. The Hall–Kier alpha value is -0.930. The lowest BCUT2D eigenvalue weighted by atomic mass is 10.1. The molecule has 2 N–H and O–H groups in total. The first-order chi connectivity index (χ1) is 7.70. The van der Waals surface area contributed by atoms with E-state index in [1.165, 1.54) is 11.1 Å². The van der Waals surface area contributed by atoms with E-state index in [0.717, 1.165) is 25.9 Å². The Labute approximate surface area is 102 Å². The van der Waals surface area contributed by atoms with E-state index in [-0.39, 0.29) is 0 Å². The Bertz CT molecular complexity index is 364. The van der Waals surface area contributed by atoms with Crippen LogP contribution in [0.2, 0.25) is 0 Å². The van der Waals surface area contributed by atoms with Gasteiger partial charge in [0.15, 0.2) is 0 Å². The van der Waals surface area contributed by atoms with Crippen molar-refractivity contribution >= 4 is 17.2 Å². The number of hydrogen-bond donors (Lipinski definition) is 1. The van der Waals surface area contributed by atoms with Crippen molar-refractivity contribution in [2.75, 3.05) is 0 Å². The predicted octanol–water partition coefficient (Wildman–Crippen LogP) is 2.46. The summed E-state index contributed by atoms with van der Waals surface area (Å²) in [6.07, 6.45) is 1.94. The molecule has 1 atom stereocenters. The molecule has 0 aliphatic carbocycles. The fourth-order valence-corrected chi connectivity index (χ4v) is 2.57. The van der Waals surface area contributed by atoms with Crippen LogP contribution in [0.5, 0.6) is 0 Å². The summed E-state index contributed by atoms with van der Waals surface area (Å²) < 4.78 is 0. The van der Waals surface area contributed by atoms with Gasteiger partial charge in [-0.2, -0.15) is 0 Å². The molecule has 0 saturated heterocycles. The molecule has 1 aromatic rings. The van der Waals surface area contributed by atoms with Crippen LogP contribution in [-0.2, 0) is 13.1 Å². The summed E-state index contributed by atoms with van der Waals surface area (Å²) in [6.45, 7) is 4.28. The minimum Gasteiger partial charge on any atom is -0.393 e. The van der Waals surface area contributed by atoms with Crippen LogP contribution in [0.4, 0.5) is 0 Å². The smallest absolute Gasteiger partial charge is 0.0743 e. The van der Waals surface area contributed by atoms with Crippen LogP contribution in [0.1, 0.15) is 30.9 Å². The van der Waals surface area contributed by atoms with E-state index in [9.17, 15) is 0 Å². The van der Waals surface area contributed by atoms with Crippen molar-refractivity contribution in [2.45, 2.75) is 38.9 Å². The van der Waals surface area contributed by atoms with Gasteiger partial charge in [-0.3, -0.25) is 4.90 Å². The lowest BCUT2D eigenvalue weighted by Gasteiger charge is -2.25. The molecule has 3 heteroatoms. The molecule has 1 unspecified atom stereocenters. The van der Waals surface area contributed by atoms with Gasteiger partial charge >= 0.3 is 0 Å². The number of rotatable bonds is 4. The van der Waals surface area contributed by atoms with E-state index < -0.39 is 0 Å². The average Bonchev–Trinajstić information content (AvgIpc) is 2.68. The van der Waals surface area contributed by atoms with Crippen LogP contribution >= 0.6 is 12.2 Å². The highest BCUT2D eigenvalue weighted by molar-refractivity contribution is 7.80. The number of fused-ring (bicyclic) bond motifs is 1. The Morgan fingerprint density at radius 2 is 1.94 bits per heavy atom. The second-order valence-electron chi connectivity index (χ2n) is 4.41. The monoisotopic (exact) mass is 234 g/mol. The fourth-order valence-electron chi connectivity index (χ4n) is 2.38. The molecule has 2 rings (SSSR count). The standard InChI is InChI=1S/C13H18N2S/c1-2-12(7-13(14)16)15-8-10-5-3-4-6-11(10)9-15/h3-6,12H,2,7-9H2,1H3,(H2,14,16). The van der Waals surface area contributed by atoms with E-state index in [0.29, 0.717) is 11.0 Å². The van der Waals surface area contributed by atoms with Crippen LogP contribution in [0.15, 0.2) is 24.3 Å². The predicted molar refractivity (Wildman–Crippen MR) is 71.2 cm³/mol. The molecule has 0 bridgehead atoms. The maximum Gasteiger partial charge on any atom is 0.0743 e. The van der Waals surface area contributed by atoms with Gasteiger partial charge in [-0.25, -0.2) is 0 Å². The SMILES string of the molecule is CCC(CC(N)=S)N1Cc2ccccc2C1. The summed E-state index contributed by atoms with van der Waals surface area (Å²) in [5.74, 6) is 0. The van der Waals surface area contributed by atoms with Crippen molar-refractivity contribution in [2.24, 2.45) is 5.73 Å². The zero-order valence-electron chi connectivity index (χ0n) is 9.65. The molecule has 86 valence electrons. The molecule has 1 aliphatic heterocycles. The maximum absolute atomic E-state index is 5.65. The molecular weight excluding hydrogens is 216 g/mol. The molecule has 1 aromatic carbocycles. The van der Waals surface area contributed by atoms with Gasteiger partial charge in [0, 0.05) is 25.6 Å². The molecule has 1 heterocycles. The maximum atomic E-state index is 5.65. The Morgan fingerprint density at radius 1 is 1.38 bits per heavy atom. The third kappa shape index (κ3) is 2.42. The van der Waals surface area contributed by atoms with Crippen LogP contribution < -0.4 is 5.73 Å². The van der Waals surface area contributed by atoms with E-state index in [2.05, 4.69) is 36.1 Å². The number of nitrogens with two attached hydrogens (primary N) is 1. The van der Waals surface area contributed by atoms with Gasteiger partial charge in [0.1, 0.15) is 0 Å². The van der Waals surface area contributed by atoms with E-state index in [1.54, 1.807) is 0 Å². The molecule has 0 amide bonds. The van der Waals surface area contributed by atoms with Gasteiger partial charge in [0.25, 0.3) is 0 Å². The van der Waals surface area contributed by atoms with Crippen molar-refractivity contribution in [3.63, 3.8) is 0 Å². The second kappa shape index (κ2) is 4.93. The van der Waals surface area contributed by atoms with Crippen molar-refractivity contribution in [3.8, 4) is 0 Å². The molecule has 0 radical (unpaired) electrons. The summed E-state index contributed by atoms with van der Waals surface area (Å²) in [5.41, 5.74) is 8.54. The highest BCUT2D eigenvalue weighted by Crippen LogP contribution is 2.26. The summed E-state index contributed by atoms with van der Waals surface area (Å²) >= 11 is 5.01. The van der Waals surface area contributed by atoms with Crippen LogP contribution in [0.3, 0.4) is 0 Å². The number of hydrogen-bond acceptors (Lipinski definition) is 2. The van der Waals surface area contributed by atoms with E-state index in [1.807, 2.05) is 0 Å². The van der Waals surface area contributed by atoms with Crippen molar-refractivity contribution < 1.29 is 0 Å². The minimum absolute atomic E-state index is 0.491. The molecule has 2 nitrogen and oxygen atoms in total. The third-order valence-corrected chi connectivity index (χ3v) is 3.46. The summed E-state index contributed by atoms with van der Waals surface area (Å²) in [4.78, 5) is 3.10. The second-order valence-corrected chi connectivity index (χ2v) is 4.93. The molecule has 1 aliphatic rings. The zero-order chi connectivity index (χ0) is 11.5. The van der Waals surface area contributed by atoms with E-state index in [4.69, 9.17) is 18.0 Å². The first-order valence-corrected chi connectivity index (χ1v) is 6.20. The Morgan fingerprint density at radius 3 is 2.38 bits per heavy atom. The fraction of sp³-hybridized carbons (Fsp3) is 0.462. The lowest BCUT2D eigenvalue weighted by Crippen LogP contribution is -2.33. The van der Waals surface area contributed by atoms with Gasteiger partial charge in [-0.05, 0) is 17.5 Å². The summed E-state index contributed by atoms with van der Waals surface area (Å²) in [7, 11) is 0. The third-order valence-electron chi connectivity index (χ3n) is 3.29. The highest BCUT2D eigenvalue weighted by Gasteiger charge is 2.24. The normalized spacial score (nSPS) is 17.1. The average molecular weight is 234 g/mol. The molecule has 0 saturated carbocycles. The molecule has 0 aromatic heterocycles. The highest BCUT2D eigenvalue weighted by atomic mass is 32.1. The zero-order valence-corrected chi connectivity index (χ0v) is 10.5. The molecule has 0 spiro atoms. The first-order valence-electron chi connectivity index (χ1n) is 5.80. The van der Waals surface area contributed by atoms with Crippen molar-refractivity contribution in [1.29, 1.82) is 0 Å². The van der Waals surface area contributed by atoms with Crippen LogP contribution in [0, 0.1) is 0 Å². The minimum atomic E-state index is 0.491. The molecule has 16 heavy (non-hydrogen) atoms. The van der Waals surface area contributed by atoms with Gasteiger partial charge in [-0.1, -0.05) is 43.4 Å². The van der Waals surface area contributed by atoms with Crippen LogP contribution in [-0.4, -0.2) is 15.9 Å². The molecule has 0 fully saturated rings. The summed E-state index contributed by atoms with van der Waals surface area (Å²) in [5, 5.41) is 0. The Balaban J connectivity index is 2.06. The van der Waals surface area contributed by atoms with Gasteiger partial charge in [0.05, 0.1) is 4.99 Å². The van der Waals surface area contributed by atoms with Crippen LogP contribution in [0.25, 0.3) is 0 Å². The van der Waals surface area contributed by atoms with Gasteiger partial charge < -0.3 is 5.73 Å². The van der Waals surface area contributed by atoms with Crippen molar-refractivity contribution in [1.82, 2.24) is 4.90 Å². The first kappa shape index (κ1) is 11.6.